The van der Waals surface area contributed by atoms with E-state index in [9.17, 15) is 13.2 Å². The fraction of sp³-hybridized carbons (Fsp3) is 0.636. The molecule has 0 bridgehead atoms. The maximum absolute atomic E-state index is 11.7. The highest BCUT2D eigenvalue weighted by atomic mass is 32.1. The van der Waals surface area contributed by atoms with E-state index in [4.69, 9.17) is 0 Å². The van der Waals surface area contributed by atoms with Gasteiger partial charge >= 0.3 is 6.36 Å². The zero-order valence-corrected chi connectivity index (χ0v) is 10.8. The molecule has 0 aliphatic rings. The number of halogens is 3. The molecule has 98 valence electrons. The quantitative estimate of drug-likeness (QED) is 0.824. The van der Waals surface area contributed by atoms with E-state index in [0.29, 0.717) is 0 Å². The third kappa shape index (κ3) is 5.06. The van der Waals surface area contributed by atoms with Gasteiger partial charge in [-0.05, 0) is 32.4 Å². The molecular formula is C11H16F3NOS. The summed E-state index contributed by atoms with van der Waals surface area (Å²) in [6.07, 6.45) is -4.54. The average Bonchev–Trinajstić information content (AvgIpc) is 2.51. The molecule has 0 aliphatic carbocycles. The van der Waals surface area contributed by atoms with Crippen molar-refractivity contribution >= 4 is 11.3 Å². The minimum Gasteiger partial charge on any atom is -0.308 e. The molecule has 1 aromatic rings. The number of alkyl halides is 3. The van der Waals surface area contributed by atoms with Crippen molar-refractivity contribution in [2.24, 2.45) is 0 Å². The van der Waals surface area contributed by atoms with Crippen molar-refractivity contribution in [3.8, 4) is 0 Å². The number of ether oxygens (including phenoxy) is 1. The highest BCUT2D eigenvalue weighted by molar-refractivity contribution is 7.12. The molecule has 1 N–H and O–H groups in total. The Labute approximate surface area is 103 Å². The summed E-state index contributed by atoms with van der Waals surface area (Å²) in [5.74, 6) is 0. The molecule has 0 spiro atoms. The van der Waals surface area contributed by atoms with E-state index >= 15 is 0 Å². The summed E-state index contributed by atoms with van der Waals surface area (Å²) < 4.78 is 38.9. The molecule has 1 unspecified atom stereocenters. The molecule has 0 saturated carbocycles. The van der Waals surface area contributed by atoms with E-state index in [1.807, 2.05) is 20.8 Å². The Balaban J connectivity index is 2.35. The largest absolute Gasteiger partial charge is 0.522 e. The Morgan fingerprint density at radius 1 is 1.41 bits per heavy atom. The highest BCUT2D eigenvalue weighted by Gasteiger charge is 2.28. The van der Waals surface area contributed by atoms with Crippen LogP contribution in [-0.4, -0.2) is 19.5 Å². The number of nitrogens with one attached hydrogen (secondary N) is 1. The molecule has 0 saturated heterocycles. The van der Waals surface area contributed by atoms with Gasteiger partial charge in [0, 0.05) is 22.3 Å². The van der Waals surface area contributed by atoms with E-state index in [1.54, 1.807) is 11.3 Å². The summed E-state index contributed by atoms with van der Waals surface area (Å²) in [7, 11) is 0. The van der Waals surface area contributed by atoms with E-state index < -0.39 is 6.36 Å². The molecule has 1 aromatic heterocycles. The van der Waals surface area contributed by atoms with Crippen LogP contribution in [-0.2, 0) is 4.74 Å². The Hall–Kier alpha value is -0.590. The number of rotatable bonds is 5. The topological polar surface area (TPSA) is 21.3 Å². The Bertz CT molecular complexity index is 362. The lowest BCUT2D eigenvalue weighted by Crippen LogP contribution is -2.26. The molecule has 2 nitrogen and oxygen atoms in total. The Morgan fingerprint density at radius 2 is 2.06 bits per heavy atom. The fourth-order valence-electron chi connectivity index (χ4n) is 1.63. The number of thiophene rings is 1. The van der Waals surface area contributed by atoms with Crippen molar-refractivity contribution in [1.29, 1.82) is 0 Å². The first kappa shape index (κ1) is 14.5. The van der Waals surface area contributed by atoms with Crippen LogP contribution in [0.2, 0.25) is 0 Å². The standard InChI is InChI=1S/C11H16F3NOS/c1-7-6-10(9(3)17-7)8(2)15-4-5-16-11(12,13)14/h6,8,15H,4-5H2,1-3H3. The summed E-state index contributed by atoms with van der Waals surface area (Å²) in [4.78, 5) is 2.40. The third-order valence-corrected chi connectivity index (χ3v) is 3.35. The SMILES string of the molecule is Cc1cc(C(C)NCCOC(F)(F)F)c(C)s1. The number of hydrogen-bond donors (Lipinski definition) is 1. The van der Waals surface area contributed by atoms with Gasteiger partial charge in [0.25, 0.3) is 0 Å². The molecule has 1 heterocycles. The third-order valence-electron chi connectivity index (χ3n) is 2.36. The predicted molar refractivity (Wildman–Crippen MR) is 62.2 cm³/mol. The monoisotopic (exact) mass is 267 g/mol. The Morgan fingerprint density at radius 3 is 2.53 bits per heavy atom. The lowest BCUT2D eigenvalue weighted by Gasteiger charge is -2.14. The van der Waals surface area contributed by atoms with Gasteiger partial charge in [0.2, 0.25) is 0 Å². The first-order chi connectivity index (χ1) is 7.79. The summed E-state index contributed by atoms with van der Waals surface area (Å²) in [5, 5.41) is 3.01. The lowest BCUT2D eigenvalue weighted by molar-refractivity contribution is -0.323. The van der Waals surface area contributed by atoms with Crippen LogP contribution in [0.25, 0.3) is 0 Å². The van der Waals surface area contributed by atoms with Gasteiger partial charge in [-0.3, -0.25) is 4.74 Å². The zero-order chi connectivity index (χ0) is 13.1. The molecule has 1 rings (SSSR count). The van der Waals surface area contributed by atoms with Gasteiger partial charge in [0.05, 0.1) is 6.61 Å². The van der Waals surface area contributed by atoms with Crippen molar-refractivity contribution < 1.29 is 17.9 Å². The number of aryl methyl sites for hydroxylation is 2. The Kier molecular flexibility index (Phi) is 4.97. The summed E-state index contributed by atoms with van der Waals surface area (Å²) in [5.41, 5.74) is 1.14. The van der Waals surface area contributed by atoms with Crippen molar-refractivity contribution in [1.82, 2.24) is 5.32 Å². The van der Waals surface area contributed by atoms with E-state index in [0.717, 1.165) is 5.56 Å². The minimum atomic E-state index is -4.54. The maximum Gasteiger partial charge on any atom is 0.522 e. The van der Waals surface area contributed by atoms with Gasteiger partial charge in [0.1, 0.15) is 0 Å². The van der Waals surface area contributed by atoms with E-state index in [-0.39, 0.29) is 19.2 Å². The van der Waals surface area contributed by atoms with Crippen LogP contribution in [0.3, 0.4) is 0 Å². The minimum absolute atomic E-state index is 0.0387. The molecule has 0 radical (unpaired) electrons. The first-order valence-electron chi connectivity index (χ1n) is 5.30. The van der Waals surface area contributed by atoms with Gasteiger partial charge < -0.3 is 5.32 Å². The predicted octanol–water partition coefficient (Wildman–Crippen LogP) is 3.55. The normalized spacial score (nSPS) is 14.0. The summed E-state index contributed by atoms with van der Waals surface area (Å²) in [6, 6.07) is 2.10. The van der Waals surface area contributed by atoms with Gasteiger partial charge in [-0.25, -0.2) is 0 Å². The molecule has 6 heteroatoms. The van der Waals surface area contributed by atoms with Crippen molar-refractivity contribution in [3.05, 3.63) is 21.4 Å². The van der Waals surface area contributed by atoms with E-state index in [2.05, 4.69) is 16.1 Å². The van der Waals surface area contributed by atoms with E-state index in [1.165, 1.54) is 9.75 Å². The van der Waals surface area contributed by atoms with Gasteiger partial charge in [-0.2, -0.15) is 0 Å². The summed E-state index contributed by atoms with van der Waals surface area (Å²) >= 11 is 1.69. The second kappa shape index (κ2) is 5.84. The van der Waals surface area contributed by atoms with Gasteiger partial charge in [-0.15, -0.1) is 24.5 Å². The van der Waals surface area contributed by atoms with Crippen molar-refractivity contribution in [2.75, 3.05) is 13.2 Å². The van der Waals surface area contributed by atoms with Gasteiger partial charge in [0.15, 0.2) is 0 Å². The lowest BCUT2D eigenvalue weighted by atomic mass is 10.1. The molecule has 0 aromatic carbocycles. The second-order valence-electron chi connectivity index (χ2n) is 3.84. The van der Waals surface area contributed by atoms with Crippen LogP contribution in [0.15, 0.2) is 6.07 Å². The molecule has 0 fully saturated rings. The van der Waals surface area contributed by atoms with Crippen molar-refractivity contribution in [3.63, 3.8) is 0 Å². The second-order valence-corrected chi connectivity index (χ2v) is 5.30. The van der Waals surface area contributed by atoms with Crippen LogP contribution in [0, 0.1) is 13.8 Å². The molecular weight excluding hydrogens is 251 g/mol. The maximum atomic E-state index is 11.7. The number of hydrogen-bond acceptors (Lipinski definition) is 3. The van der Waals surface area contributed by atoms with Crippen LogP contribution < -0.4 is 5.32 Å². The smallest absolute Gasteiger partial charge is 0.308 e. The van der Waals surface area contributed by atoms with Crippen LogP contribution in [0.4, 0.5) is 13.2 Å². The molecule has 0 aliphatic heterocycles. The van der Waals surface area contributed by atoms with Crippen LogP contribution >= 0.6 is 11.3 Å². The van der Waals surface area contributed by atoms with Gasteiger partial charge in [-0.1, -0.05) is 0 Å². The zero-order valence-electron chi connectivity index (χ0n) is 10.0. The summed E-state index contributed by atoms with van der Waals surface area (Å²) in [6.45, 7) is 5.77. The highest BCUT2D eigenvalue weighted by Crippen LogP contribution is 2.26. The molecule has 17 heavy (non-hydrogen) atoms. The van der Waals surface area contributed by atoms with Crippen LogP contribution in [0.1, 0.15) is 28.3 Å². The molecule has 1 atom stereocenters. The van der Waals surface area contributed by atoms with Crippen molar-refractivity contribution in [2.45, 2.75) is 33.2 Å². The molecule has 0 amide bonds. The average molecular weight is 267 g/mol. The first-order valence-corrected chi connectivity index (χ1v) is 6.12. The fourth-order valence-corrected chi connectivity index (χ4v) is 2.65. The van der Waals surface area contributed by atoms with Crippen LogP contribution in [0.5, 0.6) is 0 Å².